The summed E-state index contributed by atoms with van der Waals surface area (Å²) in [6, 6.07) is 0. The van der Waals surface area contributed by atoms with Crippen molar-refractivity contribution in [3.63, 3.8) is 0 Å². The van der Waals surface area contributed by atoms with E-state index in [0.29, 0.717) is 32.1 Å². The van der Waals surface area contributed by atoms with Crippen molar-refractivity contribution in [2.75, 3.05) is 19.8 Å². The van der Waals surface area contributed by atoms with Gasteiger partial charge in [0.25, 0.3) is 0 Å². The number of carbonyl (C=O) groups excluding carboxylic acids is 1. The third-order valence-corrected chi connectivity index (χ3v) is 2.78. The van der Waals surface area contributed by atoms with Crippen molar-refractivity contribution >= 4 is 5.97 Å². The molecular weight excluding hydrogens is 206 g/mol. The SMILES string of the molecule is CC(C)C[C@H](CN)CC(=O)OC1CCOC1. The van der Waals surface area contributed by atoms with E-state index in [1.165, 1.54) is 0 Å². The van der Waals surface area contributed by atoms with Gasteiger partial charge in [-0.2, -0.15) is 0 Å². The first kappa shape index (κ1) is 13.5. The van der Waals surface area contributed by atoms with E-state index in [4.69, 9.17) is 15.2 Å². The van der Waals surface area contributed by atoms with E-state index in [9.17, 15) is 4.79 Å². The van der Waals surface area contributed by atoms with Gasteiger partial charge in [-0.3, -0.25) is 4.79 Å². The molecule has 0 aromatic rings. The van der Waals surface area contributed by atoms with Crippen LogP contribution in [0.3, 0.4) is 0 Å². The number of esters is 1. The third kappa shape index (κ3) is 4.94. The van der Waals surface area contributed by atoms with Crippen LogP contribution in [0.25, 0.3) is 0 Å². The highest BCUT2D eigenvalue weighted by atomic mass is 16.6. The zero-order valence-electron chi connectivity index (χ0n) is 10.3. The van der Waals surface area contributed by atoms with Crippen molar-refractivity contribution in [1.82, 2.24) is 0 Å². The Hall–Kier alpha value is -0.610. The molecular formula is C12H23NO3. The molecule has 0 spiro atoms. The van der Waals surface area contributed by atoms with E-state index in [1.54, 1.807) is 0 Å². The summed E-state index contributed by atoms with van der Waals surface area (Å²) in [6.45, 7) is 6.07. The summed E-state index contributed by atoms with van der Waals surface area (Å²) in [6.07, 6.45) is 2.20. The number of ether oxygens (including phenoxy) is 2. The molecule has 1 heterocycles. The van der Waals surface area contributed by atoms with Crippen LogP contribution in [-0.2, 0) is 14.3 Å². The number of hydrogen-bond acceptors (Lipinski definition) is 4. The molecule has 2 N–H and O–H groups in total. The Morgan fingerprint density at radius 3 is 2.81 bits per heavy atom. The van der Waals surface area contributed by atoms with Crippen molar-refractivity contribution in [2.45, 2.75) is 39.2 Å². The molecule has 4 nitrogen and oxygen atoms in total. The first-order chi connectivity index (χ1) is 7.61. The van der Waals surface area contributed by atoms with Gasteiger partial charge in [0.05, 0.1) is 13.2 Å². The van der Waals surface area contributed by atoms with Gasteiger partial charge in [0, 0.05) is 12.8 Å². The lowest BCUT2D eigenvalue weighted by Gasteiger charge is -2.17. The Balaban J connectivity index is 2.24. The molecule has 16 heavy (non-hydrogen) atoms. The van der Waals surface area contributed by atoms with Crippen molar-refractivity contribution in [3.05, 3.63) is 0 Å². The minimum absolute atomic E-state index is 0.0371. The summed E-state index contributed by atoms with van der Waals surface area (Å²) < 4.78 is 10.5. The van der Waals surface area contributed by atoms with Crippen LogP contribution in [-0.4, -0.2) is 31.8 Å². The standard InChI is InChI=1S/C12H23NO3/c1-9(2)5-10(7-13)6-12(14)16-11-3-4-15-8-11/h9-11H,3-8,13H2,1-2H3/t10-,11?/m0/s1. The Morgan fingerprint density at radius 1 is 1.56 bits per heavy atom. The minimum Gasteiger partial charge on any atom is -0.460 e. The first-order valence-electron chi connectivity index (χ1n) is 6.09. The maximum Gasteiger partial charge on any atom is 0.306 e. The van der Waals surface area contributed by atoms with Crippen molar-refractivity contribution in [3.8, 4) is 0 Å². The topological polar surface area (TPSA) is 61.6 Å². The molecule has 2 atom stereocenters. The van der Waals surface area contributed by atoms with Gasteiger partial charge in [0.2, 0.25) is 0 Å². The van der Waals surface area contributed by atoms with Gasteiger partial charge in [-0.15, -0.1) is 0 Å². The van der Waals surface area contributed by atoms with Crippen LogP contribution in [0.5, 0.6) is 0 Å². The van der Waals surface area contributed by atoms with E-state index in [-0.39, 0.29) is 18.0 Å². The third-order valence-electron chi connectivity index (χ3n) is 2.78. The fourth-order valence-electron chi connectivity index (χ4n) is 2.01. The molecule has 1 aliphatic heterocycles. The highest BCUT2D eigenvalue weighted by Crippen LogP contribution is 2.16. The first-order valence-corrected chi connectivity index (χ1v) is 6.09. The molecule has 1 saturated heterocycles. The second-order valence-electron chi connectivity index (χ2n) is 4.91. The van der Waals surface area contributed by atoms with Gasteiger partial charge in [0.1, 0.15) is 6.10 Å². The lowest BCUT2D eigenvalue weighted by atomic mass is 9.94. The molecule has 0 aromatic carbocycles. The zero-order valence-corrected chi connectivity index (χ0v) is 10.3. The molecule has 0 saturated carbocycles. The normalized spacial score (nSPS) is 22.4. The summed E-state index contributed by atoms with van der Waals surface area (Å²) in [5.74, 6) is 0.678. The van der Waals surface area contributed by atoms with Crippen LogP contribution in [0.1, 0.15) is 33.1 Å². The maximum absolute atomic E-state index is 11.6. The second-order valence-corrected chi connectivity index (χ2v) is 4.91. The average Bonchev–Trinajstić information content (AvgIpc) is 2.68. The molecule has 0 amide bonds. The molecule has 1 rings (SSSR count). The molecule has 1 aliphatic rings. The van der Waals surface area contributed by atoms with E-state index in [1.807, 2.05) is 0 Å². The number of hydrogen-bond donors (Lipinski definition) is 1. The number of carbonyl (C=O) groups is 1. The summed E-state index contributed by atoms with van der Waals surface area (Å²) in [5, 5.41) is 0. The number of rotatable bonds is 6. The maximum atomic E-state index is 11.6. The Bertz CT molecular complexity index is 212. The quantitative estimate of drug-likeness (QED) is 0.698. The van der Waals surface area contributed by atoms with Gasteiger partial charge in [-0.25, -0.2) is 0 Å². The highest BCUT2D eigenvalue weighted by Gasteiger charge is 2.22. The van der Waals surface area contributed by atoms with E-state index >= 15 is 0 Å². The van der Waals surface area contributed by atoms with Gasteiger partial charge in [0.15, 0.2) is 0 Å². The largest absolute Gasteiger partial charge is 0.460 e. The predicted octanol–water partition coefficient (Wildman–Crippen LogP) is 1.33. The Morgan fingerprint density at radius 2 is 2.31 bits per heavy atom. The van der Waals surface area contributed by atoms with Gasteiger partial charge in [-0.05, 0) is 24.8 Å². The van der Waals surface area contributed by atoms with Crippen molar-refractivity contribution < 1.29 is 14.3 Å². The molecule has 0 aliphatic carbocycles. The van der Waals surface area contributed by atoms with Crippen LogP contribution in [0.4, 0.5) is 0 Å². The second kappa shape index (κ2) is 6.86. The summed E-state index contributed by atoms with van der Waals surface area (Å²) >= 11 is 0. The summed E-state index contributed by atoms with van der Waals surface area (Å²) in [7, 11) is 0. The highest BCUT2D eigenvalue weighted by molar-refractivity contribution is 5.69. The minimum atomic E-state index is -0.133. The van der Waals surface area contributed by atoms with Crippen LogP contribution < -0.4 is 5.73 Å². The lowest BCUT2D eigenvalue weighted by Crippen LogP contribution is -2.24. The molecule has 4 heteroatoms. The smallest absolute Gasteiger partial charge is 0.306 e. The Labute approximate surface area is 97.5 Å². The monoisotopic (exact) mass is 229 g/mol. The summed E-state index contributed by atoms with van der Waals surface area (Å²) in [5.41, 5.74) is 5.65. The van der Waals surface area contributed by atoms with Gasteiger partial charge in [-0.1, -0.05) is 13.8 Å². The lowest BCUT2D eigenvalue weighted by molar-refractivity contribution is -0.150. The van der Waals surface area contributed by atoms with Crippen LogP contribution in [0.2, 0.25) is 0 Å². The van der Waals surface area contributed by atoms with E-state index < -0.39 is 0 Å². The molecule has 0 radical (unpaired) electrons. The Kier molecular flexibility index (Phi) is 5.77. The van der Waals surface area contributed by atoms with Crippen LogP contribution in [0, 0.1) is 11.8 Å². The molecule has 1 fully saturated rings. The molecule has 0 aromatic heterocycles. The zero-order chi connectivity index (χ0) is 12.0. The van der Waals surface area contributed by atoms with E-state index in [2.05, 4.69) is 13.8 Å². The summed E-state index contributed by atoms with van der Waals surface area (Å²) in [4.78, 5) is 11.6. The van der Waals surface area contributed by atoms with E-state index in [0.717, 1.165) is 12.8 Å². The van der Waals surface area contributed by atoms with Crippen molar-refractivity contribution in [2.24, 2.45) is 17.6 Å². The molecule has 1 unspecified atom stereocenters. The number of nitrogens with two attached hydrogens (primary N) is 1. The molecule has 94 valence electrons. The van der Waals surface area contributed by atoms with Gasteiger partial charge >= 0.3 is 5.97 Å². The average molecular weight is 229 g/mol. The molecule has 0 bridgehead atoms. The van der Waals surface area contributed by atoms with Crippen molar-refractivity contribution in [1.29, 1.82) is 0 Å². The van der Waals surface area contributed by atoms with Crippen LogP contribution >= 0.6 is 0 Å². The predicted molar refractivity (Wildman–Crippen MR) is 61.9 cm³/mol. The fraction of sp³-hybridized carbons (Fsp3) is 0.917. The fourth-order valence-corrected chi connectivity index (χ4v) is 2.01. The van der Waals surface area contributed by atoms with Crippen LogP contribution in [0.15, 0.2) is 0 Å². The van der Waals surface area contributed by atoms with Gasteiger partial charge < -0.3 is 15.2 Å².